The molecule has 0 aliphatic heterocycles. The van der Waals surface area contributed by atoms with Crippen molar-refractivity contribution in [3.05, 3.63) is 58.4 Å². The number of halogens is 3. The van der Waals surface area contributed by atoms with Crippen LogP contribution in [0.1, 0.15) is 38.3 Å². The van der Waals surface area contributed by atoms with Crippen molar-refractivity contribution in [1.82, 2.24) is 5.32 Å². The maximum Gasteiger partial charge on any atom is 0.166 e. The summed E-state index contributed by atoms with van der Waals surface area (Å²) in [5.41, 5.74) is 1.75. The molecular formula is C20H26Cl2FNO2. The Balaban J connectivity index is 0.00000338. The second-order valence-corrected chi connectivity index (χ2v) is 6.97. The van der Waals surface area contributed by atoms with E-state index in [1.54, 1.807) is 13.2 Å². The number of methoxy groups -OCH3 is 1. The fourth-order valence-corrected chi connectivity index (χ4v) is 2.49. The molecule has 0 atom stereocenters. The molecule has 0 fully saturated rings. The summed E-state index contributed by atoms with van der Waals surface area (Å²) in [6, 6.07) is 10.1. The Bertz CT molecular complexity index is 723. The van der Waals surface area contributed by atoms with Gasteiger partial charge in [0.05, 0.1) is 12.1 Å². The minimum atomic E-state index is -0.363. The first-order chi connectivity index (χ1) is 11.9. The largest absolute Gasteiger partial charge is 0.493 e. The number of hydrogen-bond donors (Lipinski definition) is 1. The van der Waals surface area contributed by atoms with Crippen LogP contribution in [0.2, 0.25) is 5.02 Å². The van der Waals surface area contributed by atoms with Crippen molar-refractivity contribution >= 4 is 24.0 Å². The summed E-state index contributed by atoms with van der Waals surface area (Å²) in [7, 11) is 1.61. The van der Waals surface area contributed by atoms with Gasteiger partial charge in [-0.15, -0.1) is 12.4 Å². The van der Waals surface area contributed by atoms with Crippen molar-refractivity contribution in [1.29, 1.82) is 0 Å². The summed E-state index contributed by atoms with van der Waals surface area (Å²) in [6.45, 7) is 7.36. The van der Waals surface area contributed by atoms with Crippen LogP contribution in [-0.4, -0.2) is 12.6 Å². The van der Waals surface area contributed by atoms with Gasteiger partial charge in [0, 0.05) is 23.2 Å². The van der Waals surface area contributed by atoms with Gasteiger partial charge in [0.1, 0.15) is 12.4 Å². The van der Waals surface area contributed by atoms with E-state index < -0.39 is 0 Å². The number of ether oxygens (including phenoxy) is 2. The van der Waals surface area contributed by atoms with E-state index in [4.69, 9.17) is 21.1 Å². The molecule has 0 bridgehead atoms. The lowest BCUT2D eigenvalue weighted by Gasteiger charge is -2.25. The lowest BCUT2D eigenvalue weighted by atomic mass is 10.0. The van der Waals surface area contributed by atoms with Crippen molar-refractivity contribution in [2.24, 2.45) is 0 Å². The van der Waals surface area contributed by atoms with E-state index in [1.807, 2.05) is 18.2 Å². The second-order valence-electron chi connectivity index (χ2n) is 6.56. The molecule has 3 nitrogen and oxygen atoms in total. The standard InChI is InChI=1S/C20H25ClFNO2.ClH/c1-5-20(2,3)23-12-14-7-6-8-18(24-4)19(14)25-13-15-9-10-16(22)11-17(15)21;/h6-11,23H,5,12-13H2,1-4H3;1H. The predicted molar refractivity (Wildman–Crippen MR) is 107 cm³/mol. The highest BCUT2D eigenvalue weighted by Crippen LogP contribution is 2.33. The molecular weight excluding hydrogens is 376 g/mol. The third-order valence-electron chi connectivity index (χ3n) is 4.31. The zero-order chi connectivity index (χ0) is 18.4. The summed E-state index contributed by atoms with van der Waals surface area (Å²) >= 11 is 6.09. The van der Waals surface area contributed by atoms with Crippen LogP contribution >= 0.6 is 24.0 Å². The third-order valence-corrected chi connectivity index (χ3v) is 4.66. The average molecular weight is 402 g/mol. The molecule has 0 heterocycles. The normalized spacial score (nSPS) is 11.0. The first-order valence-corrected chi connectivity index (χ1v) is 8.71. The number of nitrogens with one attached hydrogen (secondary N) is 1. The van der Waals surface area contributed by atoms with E-state index >= 15 is 0 Å². The van der Waals surface area contributed by atoms with Crippen LogP contribution < -0.4 is 14.8 Å². The van der Waals surface area contributed by atoms with E-state index in [2.05, 4.69) is 26.1 Å². The highest BCUT2D eigenvalue weighted by Gasteiger charge is 2.17. The summed E-state index contributed by atoms with van der Waals surface area (Å²) in [5.74, 6) is 0.967. The van der Waals surface area contributed by atoms with Crippen molar-refractivity contribution in [3.8, 4) is 11.5 Å². The number of benzene rings is 2. The fraction of sp³-hybridized carbons (Fsp3) is 0.400. The van der Waals surface area contributed by atoms with Gasteiger partial charge in [0.2, 0.25) is 0 Å². The maximum absolute atomic E-state index is 13.2. The number of para-hydroxylation sites is 1. The SMILES string of the molecule is CCC(C)(C)NCc1cccc(OC)c1OCc1ccc(F)cc1Cl.Cl. The zero-order valence-electron chi connectivity index (χ0n) is 15.6. The van der Waals surface area contributed by atoms with Crippen molar-refractivity contribution in [2.45, 2.75) is 45.9 Å². The topological polar surface area (TPSA) is 30.5 Å². The molecule has 0 saturated heterocycles. The van der Waals surface area contributed by atoms with E-state index in [0.717, 1.165) is 17.5 Å². The summed E-state index contributed by atoms with van der Waals surface area (Å²) in [5, 5.41) is 3.87. The zero-order valence-corrected chi connectivity index (χ0v) is 17.1. The monoisotopic (exact) mass is 401 g/mol. The van der Waals surface area contributed by atoms with Gasteiger partial charge in [-0.25, -0.2) is 4.39 Å². The Morgan fingerprint density at radius 3 is 2.50 bits per heavy atom. The molecule has 6 heteroatoms. The quantitative estimate of drug-likeness (QED) is 0.608. The smallest absolute Gasteiger partial charge is 0.166 e. The summed E-state index contributed by atoms with van der Waals surface area (Å²) in [6.07, 6.45) is 1.01. The summed E-state index contributed by atoms with van der Waals surface area (Å²) in [4.78, 5) is 0. The van der Waals surface area contributed by atoms with Gasteiger partial charge in [0.15, 0.2) is 11.5 Å². The predicted octanol–water partition coefficient (Wildman–Crippen LogP) is 5.77. The van der Waals surface area contributed by atoms with Gasteiger partial charge in [-0.1, -0.05) is 36.7 Å². The number of hydrogen-bond acceptors (Lipinski definition) is 3. The Hall–Kier alpha value is -1.49. The van der Waals surface area contributed by atoms with E-state index in [-0.39, 0.29) is 30.4 Å². The van der Waals surface area contributed by atoms with Gasteiger partial charge < -0.3 is 14.8 Å². The fourth-order valence-electron chi connectivity index (χ4n) is 2.27. The molecule has 1 N–H and O–H groups in total. The van der Waals surface area contributed by atoms with Crippen LogP contribution in [0.3, 0.4) is 0 Å². The maximum atomic E-state index is 13.2. The lowest BCUT2D eigenvalue weighted by molar-refractivity contribution is 0.278. The van der Waals surface area contributed by atoms with E-state index in [0.29, 0.717) is 23.1 Å². The van der Waals surface area contributed by atoms with E-state index in [9.17, 15) is 4.39 Å². The molecule has 0 aliphatic carbocycles. The highest BCUT2D eigenvalue weighted by molar-refractivity contribution is 6.31. The van der Waals surface area contributed by atoms with Crippen LogP contribution in [0.4, 0.5) is 4.39 Å². The lowest BCUT2D eigenvalue weighted by Crippen LogP contribution is -2.37. The van der Waals surface area contributed by atoms with Crippen molar-refractivity contribution < 1.29 is 13.9 Å². The molecule has 0 spiro atoms. The van der Waals surface area contributed by atoms with E-state index in [1.165, 1.54) is 12.1 Å². The molecule has 0 aromatic heterocycles. The summed E-state index contributed by atoms with van der Waals surface area (Å²) < 4.78 is 24.6. The van der Waals surface area contributed by atoms with Gasteiger partial charge >= 0.3 is 0 Å². The van der Waals surface area contributed by atoms with Crippen LogP contribution in [0.15, 0.2) is 36.4 Å². The van der Waals surface area contributed by atoms with Crippen LogP contribution in [0.5, 0.6) is 11.5 Å². The van der Waals surface area contributed by atoms with Crippen LogP contribution in [0, 0.1) is 5.82 Å². The van der Waals surface area contributed by atoms with Gasteiger partial charge in [-0.3, -0.25) is 0 Å². The molecule has 26 heavy (non-hydrogen) atoms. The van der Waals surface area contributed by atoms with Gasteiger partial charge in [0.25, 0.3) is 0 Å². The molecule has 0 amide bonds. The van der Waals surface area contributed by atoms with Crippen LogP contribution in [0.25, 0.3) is 0 Å². The molecule has 0 aliphatic rings. The molecule has 2 aromatic rings. The average Bonchev–Trinajstić information content (AvgIpc) is 2.59. The molecule has 0 unspecified atom stereocenters. The number of rotatable bonds is 8. The molecule has 2 aromatic carbocycles. The minimum Gasteiger partial charge on any atom is -0.493 e. The Kier molecular flexibility index (Phi) is 8.68. The Morgan fingerprint density at radius 2 is 1.88 bits per heavy atom. The molecule has 0 saturated carbocycles. The first kappa shape index (κ1) is 22.6. The Morgan fingerprint density at radius 1 is 1.15 bits per heavy atom. The van der Waals surface area contributed by atoms with Gasteiger partial charge in [-0.2, -0.15) is 0 Å². The molecule has 2 rings (SSSR count). The second kappa shape index (κ2) is 10.0. The van der Waals surface area contributed by atoms with Gasteiger partial charge in [-0.05, 0) is 38.5 Å². The molecule has 0 radical (unpaired) electrons. The Labute approximate surface area is 166 Å². The van der Waals surface area contributed by atoms with Crippen molar-refractivity contribution in [2.75, 3.05) is 7.11 Å². The molecule has 144 valence electrons. The highest BCUT2D eigenvalue weighted by atomic mass is 35.5. The third kappa shape index (κ3) is 6.04. The van der Waals surface area contributed by atoms with Crippen LogP contribution in [-0.2, 0) is 13.2 Å². The van der Waals surface area contributed by atoms with Crippen molar-refractivity contribution in [3.63, 3.8) is 0 Å². The first-order valence-electron chi connectivity index (χ1n) is 8.34. The minimum absolute atomic E-state index is 0.